The maximum absolute atomic E-state index is 12.5. The molecule has 126 valence electrons. The molecule has 1 aromatic carbocycles. The van der Waals surface area contributed by atoms with Crippen LogP contribution in [0, 0.1) is 11.8 Å². The van der Waals surface area contributed by atoms with Crippen LogP contribution in [0.3, 0.4) is 0 Å². The van der Waals surface area contributed by atoms with E-state index in [2.05, 4.69) is 0 Å². The molecule has 3 fully saturated rings. The Kier molecular flexibility index (Phi) is 4.35. The largest absolute Gasteiger partial charge is 0.481 e. The van der Waals surface area contributed by atoms with Crippen molar-refractivity contribution in [2.75, 3.05) is 0 Å². The summed E-state index contributed by atoms with van der Waals surface area (Å²) in [6.07, 6.45) is 1.56. The zero-order chi connectivity index (χ0) is 17.4. The minimum atomic E-state index is -1.04. The Morgan fingerprint density at radius 3 is 2.29 bits per heavy atom. The third-order valence-electron chi connectivity index (χ3n) is 5.28. The van der Waals surface area contributed by atoms with E-state index in [1.807, 2.05) is 0 Å². The number of hydrogen-bond donors (Lipinski definition) is 1. The molecule has 2 unspecified atom stereocenters. The molecule has 5 nitrogen and oxygen atoms in total. The van der Waals surface area contributed by atoms with Gasteiger partial charge in [-0.3, -0.25) is 19.2 Å². The van der Waals surface area contributed by atoms with Gasteiger partial charge in [0.2, 0.25) is 0 Å². The summed E-state index contributed by atoms with van der Waals surface area (Å²) in [4.78, 5) is 47.2. The van der Waals surface area contributed by atoms with Crippen molar-refractivity contribution < 1.29 is 24.3 Å². The van der Waals surface area contributed by atoms with Crippen molar-refractivity contribution in [2.24, 2.45) is 11.8 Å². The Morgan fingerprint density at radius 1 is 1.12 bits per heavy atom. The predicted octanol–water partition coefficient (Wildman–Crippen LogP) is 2.49. The lowest BCUT2D eigenvalue weighted by Gasteiger charge is -2.30. The van der Waals surface area contributed by atoms with Gasteiger partial charge in [0, 0.05) is 30.6 Å². The van der Waals surface area contributed by atoms with Gasteiger partial charge in [-0.25, -0.2) is 0 Å². The second-order valence-electron chi connectivity index (χ2n) is 6.95. The third-order valence-corrected chi connectivity index (χ3v) is 5.28. The van der Waals surface area contributed by atoms with Gasteiger partial charge in [0.05, 0.1) is 5.92 Å². The fraction of sp³-hybridized carbons (Fsp3) is 0.474. The number of Topliss-reactive ketones (excluding diaryl/α,β-unsaturated/α-hetero) is 3. The van der Waals surface area contributed by atoms with Crippen LogP contribution in [-0.4, -0.2) is 28.4 Å². The fourth-order valence-corrected chi connectivity index (χ4v) is 3.74. The lowest BCUT2D eigenvalue weighted by atomic mass is 9.72. The van der Waals surface area contributed by atoms with E-state index >= 15 is 0 Å². The highest BCUT2D eigenvalue weighted by atomic mass is 16.4. The van der Waals surface area contributed by atoms with Crippen LogP contribution < -0.4 is 0 Å². The van der Waals surface area contributed by atoms with Crippen LogP contribution in [0.15, 0.2) is 24.3 Å². The van der Waals surface area contributed by atoms with E-state index in [0.29, 0.717) is 18.4 Å². The van der Waals surface area contributed by atoms with Gasteiger partial charge in [0.25, 0.3) is 0 Å². The summed E-state index contributed by atoms with van der Waals surface area (Å²) in [5.41, 5.74) is 1.30. The zero-order valence-electron chi connectivity index (χ0n) is 13.5. The van der Waals surface area contributed by atoms with Crippen LogP contribution in [0.2, 0.25) is 0 Å². The molecule has 2 atom stereocenters. The molecule has 0 aliphatic heterocycles. The molecule has 3 saturated carbocycles. The maximum atomic E-state index is 12.5. The smallest absolute Gasteiger partial charge is 0.311 e. The van der Waals surface area contributed by atoms with Crippen molar-refractivity contribution in [3.05, 3.63) is 35.4 Å². The van der Waals surface area contributed by atoms with Crippen LogP contribution in [0.4, 0.5) is 0 Å². The number of benzene rings is 1. The van der Waals surface area contributed by atoms with Gasteiger partial charge < -0.3 is 5.11 Å². The topological polar surface area (TPSA) is 88.5 Å². The lowest BCUT2D eigenvalue weighted by molar-refractivity contribution is -0.140. The molecule has 0 heterocycles. The molecule has 0 aromatic heterocycles. The van der Waals surface area contributed by atoms with Gasteiger partial charge >= 0.3 is 5.97 Å². The first kappa shape index (κ1) is 16.6. The number of carbonyl (C=O) groups excluding carboxylic acids is 3. The summed E-state index contributed by atoms with van der Waals surface area (Å²) in [6, 6.07) is 6.77. The van der Waals surface area contributed by atoms with E-state index in [9.17, 15) is 24.3 Å². The Hall–Kier alpha value is -2.30. The monoisotopic (exact) mass is 328 g/mol. The van der Waals surface area contributed by atoms with Crippen LogP contribution in [0.1, 0.15) is 55.6 Å². The molecule has 4 rings (SSSR count). The van der Waals surface area contributed by atoms with Gasteiger partial charge in [-0.05, 0) is 30.9 Å². The standard InChI is InChI=1S/C19H20O5/c1-10(20)6-16(19(23)24)12-4-2-11(3-5-12)15-9-17(21)13-7-14(8-13)18(15)22/h2-5,13-16H,6-9H2,1H3,(H,23,24). The van der Waals surface area contributed by atoms with Crippen LogP contribution >= 0.6 is 0 Å². The highest BCUT2D eigenvalue weighted by Gasteiger charge is 2.46. The molecule has 3 aliphatic carbocycles. The summed E-state index contributed by atoms with van der Waals surface area (Å²) in [6.45, 7) is 1.37. The molecular formula is C19H20O5. The maximum Gasteiger partial charge on any atom is 0.311 e. The van der Waals surface area contributed by atoms with E-state index in [4.69, 9.17) is 0 Å². The summed E-state index contributed by atoms with van der Waals surface area (Å²) < 4.78 is 0. The number of carboxylic acids is 1. The van der Waals surface area contributed by atoms with Crippen molar-refractivity contribution in [2.45, 2.75) is 44.4 Å². The van der Waals surface area contributed by atoms with E-state index in [1.165, 1.54) is 6.92 Å². The quantitative estimate of drug-likeness (QED) is 0.897. The SMILES string of the molecule is CC(=O)CC(C(=O)O)c1ccc(C2CC(=O)C3CC(C3)C2=O)cc1. The van der Waals surface area contributed by atoms with Gasteiger partial charge in [0.15, 0.2) is 0 Å². The summed E-state index contributed by atoms with van der Waals surface area (Å²) >= 11 is 0. The van der Waals surface area contributed by atoms with Crippen molar-refractivity contribution >= 4 is 23.3 Å². The Balaban J connectivity index is 1.83. The average Bonchev–Trinajstić information content (AvgIpc) is 2.67. The summed E-state index contributed by atoms with van der Waals surface area (Å²) in [7, 11) is 0. The predicted molar refractivity (Wildman–Crippen MR) is 85.7 cm³/mol. The fourth-order valence-electron chi connectivity index (χ4n) is 3.74. The molecule has 0 saturated heterocycles. The number of fused-ring (bicyclic) bond motifs is 3. The molecule has 1 aromatic rings. The van der Waals surface area contributed by atoms with E-state index in [-0.39, 0.29) is 42.0 Å². The number of carboxylic acid groups (broad SMARTS) is 1. The number of ketones is 3. The number of rotatable bonds is 5. The second-order valence-corrected chi connectivity index (χ2v) is 6.95. The van der Waals surface area contributed by atoms with Crippen molar-refractivity contribution in [3.8, 4) is 0 Å². The van der Waals surface area contributed by atoms with E-state index in [1.54, 1.807) is 24.3 Å². The number of hydrogen-bond acceptors (Lipinski definition) is 4. The average molecular weight is 328 g/mol. The normalized spacial score (nSPS) is 27.1. The third kappa shape index (κ3) is 3.03. The van der Waals surface area contributed by atoms with Gasteiger partial charge in [-0.2, -0.15) is 0 Å². The lowest BCUT2D eigenvalue weighted by Crippen LogP contribution is -2.31. The molecular weight excluding hydrogens is 308 g/mol. The summed E-state index contributed by atoms with van der Waals surface area (Å²) in [5, 5.41) is 9.30. The molecule has 2 bridgehead atoms. The number of carbonyl (C=O) groups is 4. The first-order chi connectivity index (χ1) is 11.4. The van der Waals surface area contributed by atoms with Gasteiger partial charge in [-0.1, -0.05) is 24.3 Å². The van der Waals surface area contributed by atoms with Gasteiger partial charge in [-0.15, -0.1) is 0 Å². The first-order valence-corrected chi connectivity index (χ1v) is 8.25. The van der Waals surface area contributed by atoms with E-state index < -0.39 is 17.8 Å². The minimum absolute atomic E-state index is 0.00407. The minimum Gasteiger partial charge on any atom is -0.481 e. The number of aliphatic carboxylic acids is 1. The van der Waals surface area contributed by atoms with Crippen molar-refractivity contribution in [1.82, 2.24) is 0 Å². The Morgan fingerprint density at radius 2 is 1.75 bits per heavy atom. The van der Waals surface area contributed by atoms with Crippen LogP contribution in [0.5, 0.6) is 0 Å². The van der Waals surface area contributed by atoms with Gasteiger partial charge in [0.1, 0.15) is 17.3 Å². The van der Waals surface area contributed by atoms with Crippen molar-refractivity contribution in [3.63, 3.8) is 0 Å². The second kappa shape index (κ2) is 6.30. The van der Waals surface area contributed by atoms with Crippen molar-refractivity contribution in [1.29, 1.82) is 0 Å². The first-order valence-electron chi connectivity index (χ1n) is 8.25. The van der Waals surface area contributed by atoms with Crippen LogP contribution in [0.25, 0.3) is 0 Å². The molecule has 1 N–H and O–H groups in total. The highest BCUT2D eigenvalue weighted by Crippen LogP contribution is 2.44. The molecule has 24 heavy (non-hydrogen) atoms. The molecule has 0 amide bonds. The molecule has 0 spiro atoms. The molecule has 5 heteroatoms. The molecule has 0 radical (unpaired) electrons. The Labute approximate surface area is 140 Å². The zero-order valence-corrected chi connectivity index (χ0v) is 13.5. The van der Waals surface area contributed by atoms with Crippen LogP contribution in [-0.2, 0) is 19.2 Å². The highest BCUT2D eigenvalue weighted by molar-refractivity contribution is 5.98. The van der Waals surface area contributed by atoms with E-state index in [0.717, 1.165) is 5.56 Å². The summed E-state index contributed by atoms with van der Waals surface area (Å²) in [5.74, 6) is -2.19. The Bertz CT molecular complexity index is 697. The molecule has 3 aliphatic rings.